The van der Waals surface area contributed by atoms with Crippen molar-refractivity contribution in [1.29, 1.82) is 5.41 Å². The first kappa shape index (κ1) is 13.4. The van der Waals surface area contributed by atoms with Gasteiger partial charge in [0.1, 0.15) is 23.2 Å². The van der Waals surface area contributed by atoms with Crippen molar-refractivity contribution in [1.82, 2.24) is 0 Å². The molecule has 0 aliphatic heterocycles. The fraction of sp³-hybridized carbons (Fsp3) is 0.0714. The second-order valence-corrected chi connectivity index (χ2v) is 4.48. The standard InChI is InChI=1S/C14H12ClFN2O/c1-8-2-4-10(7-12(8)16)19-13-5-3-9(14(17)18)6-11(13)15/h2-7H,1H3,(H3,17,18). The molecule has 3 nitrogen and oxygen atoms in total. The monoisotopic (exact) mass is 278 g/mol. The number of ether oxygens (including phenoxy) is 1. The van der Waals surface area contributed by atoms with E-state index < -0.39 is 0 Å². The molecule has 0 radical (unpaired) electrons. The number of nitrogens with one attached hydrogen (secondary N) is 1. The second kappa shape index (κ2) is 5.28. The Labute approximate surface area is 115 Å². The molecule has 2 aromatic rings. The average molecular weight is 279 g/mol. The number of amidine groups is 1. The first-order valence-corrected chi connectivity index (χ1v) is 5.93. The number of aryl methyl sites for hydroxylation is 1. The topological polar surface area (TPSA) is 59.1 Å². The van der Waals surface area contributed by atoms with Crippen LogP contribution in [-0.4, -0.2) is 5.84 Å². The van der Waals surface area contributed by atoms with Gasteiger partial charge >= 0.3 is 0 Å². The summed E-state index contributed by atoms with van der Waals surface area (Å²) in [5.74, 6) is 0.333. The van der Waals surface area contributed by atoms with E-state index in [1.165, 1.54) is 12.1 Å². The van der Waals surface area contributed by atoms with Gasteiger partial charge in [0, 0.05) is 11.6 Å². The van der Waals surface area contributed by atoms with Crippen LogP contribution in [0.25, 0.3) is 0 Å². The second-order valence-electron chi connectivity index (χ2n) is 4.07. The van der Waals surface area contributed by atoms with Gasteiger partial charge in [0.05, 0.1) is 5.02 Å². The Hall–Kier alpha value is -2.07. The Balaban J connectivity index is 2.28. The molecule has 5 heteroatoms. The van der Waals surface area contributed by atoms with Gasteiger partial charge in [-0.2, -0.15) is 0 Å². The highest BCUT2D eigenvalue weighted by Crippen LogP contribution is 2.30. The van der Waals surface area contributed by atoms with Crippen molar-refractivity contribution in [3.8, 4) is 11.5 Å². The molecule has 0 heterocycles. The van der Waals surface area contributed by atoms with Crippen LogP contribution in [0.15, 0.2) is 36.4 Å². The highest BCUT2D eigenvalue weighted by molar-refractivity contribution is 6.32. The molecule has 3 N–H and O–H groups in total. The van der Waals surface area contributed by atoms with Crippen molar-refractivity contribution in [3.05, 3.63) is 58.4 Å². The lowest BCUT2D eigenvalue weighted by Gasteiger charge is -2.09. The van der Waals surface area contributed by atoms with Crippen LogP contribution in [0.5, 0.6) is 11.5 Å². The van der Waals surface area contributed by atoms with Crippen molar-refractivity contribution >= 4 is 17.4 Å². The van der Waals surface area contributed by atoms with E-state index in [9.17, 15) is 4.39 Å². The van der Waals surface area contributed by atoms with Crippen LogP contribution in [0.3, 0.4) is 0 Å². The summed E-state index contributed by atoms with van der Waals surface area (Å²) in [4.78, 5) is 0. The molecule has 0 aromatic heterocycles. The lowest BCUT2D eigenvalue weighted by molar-refractivity contribution is 0.476. The number of nitrogen functional groups attached to an aromatic ring is 1. The van der Waals surface area contributed by atoms with Crippen LogP contribution in [0.2, 0.25) is 5.02 Å². The van der Waals surface area contributed by atoms with Gasteiger partial charge in [0.25, 0.3) is 0 Å². The third-order valence-corrected chi connectivity index (χ3v) is 2.91. The van der Waals surface area contributed by atoms with Crippen molar-refractivity contribution in [2.45, 2.75) is 6.92 Å². The normalized spacial score (nSPS) is 10.3. The van der Waals surface area contributed by atoms with Crippen LogP contribution < -0.4 is 10.5 Å². The Morgan fingerprint density at radius 2 is 2.00 bits per heavy atom. The van der Waals surface area contributed by atoms with E-state index >= 15 is 0 Å². The molecule has 0 amide bonds. The van der Waals surface area contributed by atoms with Gasteiger partial charge in [-0.1, -0.05) is 17.7 Å². The molecule has 0 spiro atoms. The van der Waals surface area contributed by atoms with Gasteiger partial charge < -0.3 is 10.5 Å². The summed E-state index contributed by atoms with van der Waals surface area (Å²) in [5.41, 5.74) is 6.41. The molecular weight excluding hydrogens is 267 g/mol. The lowest BCUT2D eigenvalue weighted by Crippen LogP contribution is -2.10. The number of hydrogen-bond acceptors (Lipinski definition) is 2. The molecule has 0 atom stereocenters. The SMILES string of the molecule is Cc1ccc(Oc2ccc(C(=N)N)cc2Cl)cc1F. The molecule has 2 aromatic carbocycles. The van der Waals surface area contributed by atoms with Crippen LogP contribution in [0.4, 0.5) is 4.39 Å². The zero-order valence-corrected chi connectivity index (χ0v) is 11.0. The third-order valence-electron chi connectivity index (χ3n) is 2.61. The Morgan fingerprint density at radius 1 is 1.26 bits per heavy atom. The summed E-state index contributed by atoms with van der Waals surface area (Å²) in [7, 11) is 0. The van der Waals surface area contributed by atoms with Crippen molar-refractivity contribution in [2.75, 3.05) is 0 Å². The molecular formula is C14H12ClFN2O. The summed E-state index contributed by atoms with van der Waals surface area (Å²) < 4.78 is 18.9. The zero-order chi connectivity index (χ0) is 14.0. The number of hydrogen-bond donors (Lipinski definition) is 2. The van der Waals surface area contributed by atoms with Crippen molar-refractivity contribution < 1.29 is 9.13 Å². The molecule has 0 bridgehead atoms. The van der Waals surface area contributed by atoms with E-state index in [1.807, 2.05) is 0 Å². The quantitative estimate of drug-likeness (QED) is 0.661. The van der Waals surface area contributed by atoms with Gasteiger partial charge in [-0.15, -0.1) is 0 Å². The van der Waals surface area contributed by atoms with Gasteiger partial charge in [0.2, 0.25) is 0 Å². The minimum absolute atomic E-state index is 0.0742. The maximum absolute atomic E-state index is 13.4. The van der Waals surface area contributed by atoms with Crippen LogP contribution in [0, 0.1) is 18.2 Å². The molecule has 0 unspecified atom stereocenters. The summed E-state index contributed by atoms with van der Waals surface area (Å²) >= 11 is 6.02. The summed E-state index contributed by atoms with van der Waals surface area (Å²) in [6.07, 6.45) is 0. The number of nitrogens with two attached hydrogens (primary N) is 1. The summed E-state index contributed by atoms with van der Waals surface area (Å²) in [6, 6.07) is 9.33. The van der Waals surface area contributed by atoms with E-state index in [0.29, 0.717) is 27.6 Å². The average Bonchev–Trinajstić information content (AvgIpc) is 2.36. The smallest absolute Gasteiger partial charge is 0.146 e. The lowest BCUT2D eigenvalue weighted by atomic mass is 10.2. The zero-order valence-electron chi connectivity index (χ0n) is 10.2. The van der Waals surface area contributed by atoms with E-state index in [1.54, 1.807) is 31.2 Å². The maximum Gasteiger partial charge on any atom is 0.146 e. The van der Waals surface area contributed by atoms with E-state index in [4.69, 9.17) is 27.5 Å². The number of rotatable bonds is 3. The molecule has 0 saturated carbocycles. The fourth-order valence-corrected chi connectivity index (χ4v) is 1.73. The molecule has 19 heavy (non-hydrogen) atoms. The molecule has 0 aliphatic rings. The summed E-state index contributed by atoms with van der Waals surface area (Å²) in [6.45, 7) is 1.67. The van der Waals surface area contributed by atoms with Gasteiger partial charge in [-0.05, 0) is 36.8 Å². The van der Waals surface area contributed by atoms with Gasteiger partial charge in [-0.25, -0.2) is 4.39 Å². The maximum atomic E-state index is 13.4. The van der Waals surface area contributed by atoms with Gasteiger partial charge in [-0.3, -0.25) is 5.41 Å². The summed E-state index contributed by atoms with van der Waals surface area (Å²) in [5, 5.41) is 7.62. The van der Waals surface area contributed by atoms with Crippen molar-refractivity contribution in [3.63, 3.8) is 0 Å². The Kier molecular flexibility index (Phi) is 3.71. The van der Waals surface area contributed by atoms with Crippen LogP contribution >= 0.6 is 11.6 Å². The van der Waals surface area contributed by atoms with Crippen LogP contribution in [-0.2, 0) is 0 Å². The predicted octanol–water partition coefficient (Wildman–Crippen LogP) is 3.86. The molecule has 2 rings (SSSR count). The first-order valence-electron chi connectivity index (χ1n) is 5.55. The minimum Gasteiger partial charge on any atom is -0.456 e. The molecule has 98 valence electrons. The molecule has 0 saturated heterocycles. The predicted molar refractivity (Wildman–Crippen MR) is 73.7 cm³/mol. The van der Waals surface area contributed by atoms with E-state index in [2.05, 4.69) is 0 Å². The van der Waals surface area contributed by atoms with Gasteiger partial charge in [0.15, 0.2) is 0 Å². The fourth-order valence-electron chi connectivity index (χ4n) is 1.52. The third kappa shape index (κ3) is 3.03. The van der Waals surface area contributed by atoms with E-state index in [-0.39, 0.29) is 11.7 Å². The minimum atomic E-state index is -0.339. The highest BCUT2D eigenvalue weighted by Gasteiger charge is 2.07. The van der Waals surface area contributed by atoms with E-state index in [0.717, 1.165) is 0 Å². The Bertz CT molecular complexity index is 643. The van der Waals surface area contributed by atoms with Crippen molar-refractivity contribution in [2.24, 2.45) is 5.73 Å². The largest absolute Gasteiger partial charge is 0.456 e. The first-order chi connectivity index (χ1) is 8.97. The number of benzene rings is 2. The Morgan fingerprint density at radius 3 is 2.58 bits per heavy atom. The molecule has 0 fully saturated rings. The van der Waals surface area contributed by atoms with Crippen LogP contribution in [0.1, 0.15) is 11.1 Å². The number of halogens is 2. The highest BCUT2D eigenvalue weighted by atomic mass is 35.5. The molecule has 0 aliphatic carbocycles.